The lowest BCUT2D eigenvalue weighted by Crippen LogP contribution is -2.27. The third kappa shape index (κ3) is 3.19. The molecule has 3 aromatic rings. The number of nitrogens with zero attached hydrogens (tertiary/aromatic N) is 6. The van der Waals surface area contributed by atoms with E-state index in [0.717, 1.165) is 35.4 Å². The molecule has 3 aromatic heterocycles. The zero-order valence-corrected chi connectivity index (χ0v) is 14.7. The summed E-state index contributed by atoms with van der Waals surface area (Å²) in [5.74, 6) is 1.55. The van der Waals surface area contributed by atoms with Gasteiger partial charge >= 0.3 is 0 Å². The predicted octanol–water partition coefficient (Wildman–Crippen LogP) is 2.32. The summed E-state index contributed by atoms with van der Waals surface area (Å²) in [4.78, 5) is 15.9. The number of likely N-dealkylation sites (tertiary alicyclic amines) is 1. The molecule has 25 heavy (non-hydrogen) atoms. The molecule has 1 fully saturated rings. The number of hydrogen-bond acceptors (Lipinski definition) is 6. The summed E-state index contributed by atoms with van der Waals surface area (Å²) in [6.45, 7) is 2.10. The average Bonchev–Trinajstić information content (AvgIpc) is 3.22. The number of nitrogens with one attached hydrogen (secondary N) is 1. The lowest BCUT2D eigenvalue weighted by Gasteiger charge is -2.19. The van der Waals surface area contributed by atoms with Crippen LogP contribution in [0.5, 0.6) is 0 Å². The smallest absolute Gasteiger partial charge is 0.164 e. The van der Waals surface area contributed by atoms with Gasteiger partial charge in [0.2, 0.25) is 0 Å². The summed E-state index contributed by atoms with van der Waals surface area (Å²) in [5.41, 5.74) is 1.79. The van der Waals surface area contributed by atoms with Crippen molar-refractivity contribution in [1.29, 1.82) is 0 Å². The van der Waals surface area contributed by atoms with E-state index in [1.807, 2.05) is 25.4 Å². The van der Waals surface area contributed by atoms with Crippen LogP contribution in [0.25, 0.3) is 22.4 Å². The first-order valence-corrected chi connectivity index (χ1v) is 8.76. The van der Waals surface area contributed by atoms with E-state index >= 15 is 0 Å². The monoisotopic (exact) mass is 337 g/mol. The molecule has 1 atom stereocenters. The first-order chi connectivity index (χ1) is 12.2. The highest BCUT2D eigenvalue weighted by molar-refractivity contribution is 5.88. The van der Waals surface area contributed by atoms with Crippen molar-refractivity contribution in [2.75, 3.05) is 25.5 Å². The molecule has 0 saturated carbocycles. The first kappa shape index (κ1) is 16.0. The molecule has 4 rings (SSSR count). The van der Waals surface area contributed by atoms with Gasteiger partial charge in [0.05, 0.1) is 11.6 Å². The number of aromatic nitrogens is 5. The third-order valence-corrected chi connectivity index (χ3v) is 4.97. The average molecular weight is 337 g/mol. The van der Waals surface area contributed by atoms with E-state index in [0.29, 0.717) is 11.9 Å². The molecule has 1 N–H and O–H groups in total. The second-order valence-corrected chi connectivity index (χ2v) is 6.63. The van der Waals surface area contributed by atoms with Crippen molar-refractivity contribution in [2.24, 2.45) is 7.05 Å². The van der Waals surface area contributed by atoms with Crippen molar-refractivity contribution in [3.63, 3.8) is 0 Å². The fourth-order valence-electron chi connectivity index (χ4n) is 3.49. The Morgan fingerprint density at radius 3 is 2.80 bits per heavy atom. The quantitative estimate of drug-likeness (QED) is 0.770. The fourth-order valence-corrected chi connectivity index (χ4v) is 3.49. The van der Waals surface area contributed by atoms with Crippen LogP contribution in [0.1, 0.15) is 19.3 Å². The van der Waals surface area contributed by atoms with Crippen molar-refractivity contribution >= 4 is 16.9 Å². The Morgan fingerprint density at radius 2 is 2.04 bits per heavy atom. The first-order valence-electron chi connectivity index (χ1n) is 8.76. The molecule has 0 unspecified atom stereocenters. The van der Waals surface area contributed by atoms with Crippen LogP contribution in [-0.2, 0) is 7.05 Å². The molecule has 0 spiro atoms. The minimum atomic E-state index is 0.665. The Labute approximate surface area is 147 Å². The summed E-state index contributed by atoms with van der Waals surface area (Å²) >= 11 is 0. The standard InChI is InChI=1S/C18H23N7/c1-24-11-3-4-14(24)7-10-20-17-15-12-21-25(2)18(15)23-16(22-17)13-5-8-19-9-6-13/h5-6,8-9,12,14H,3-4,7,10-11H2,1-2H3,(H,20,22,23)/t14-/m1/s1. The maximum atomic E-state index is 4.75. The molecule has 0 radical (unpaired) electrons. The molecule has 0 bridgehead atoms. The van der Waals surface area contributed by atoms with Crippen LogP contribution in [0.2, 0.25) is 0 Å². The lowest BCUT2D eigenvalue weighted by molar-refractivity contribution is 0.301. The topological polar surface area (TPSA) is 71.8 Å². The fraction of sp³-hybridized carbons (Fsp3) is 0.444. The highest BCUT2D eigenvalue weighted by Crippen LogP contribution is 2.25. The van der Waals surface area contributed by atoms with Crippen molar-refractivity contribution in [3.8, 4) is 11.4 Å². The number of aryl methyl sites for hydroxylation is 1. The maximum Gasteiger partial charge on any atom is 0.164 e. The van der Waals surface area contributed by atoms with Gasteiger partial charge in [-0.3, -0.25) is 9.67 Å². The predicted molar refractivity (Wildman–Crippen MR) is 98.3 cm³/mol. The highest BCUT2D eigenvalue weighted by atomic mass is 15.3. The van der Waals surface area contributed by atoms with Gasteiger partial charge in [-0.2, -0.15) is 5.10 Å². The second kappa shape index (κ2) is 6.76. The maximum absolute atomic E-state index is 4.75. The summed E-state index contributed by atoms with van der Waals surface area (Å²) in [6.07, 6.45) is 9.05. The van der Waals surface area contributed by atoms with Gasteiger partial charge in [0.1, 0.15) is 5.82 Å². The zero-order chi connectivity index (χ0) is 17.2. The van der Waals surface area contributed by atoms with Crippen LogP contribution in [0.4, 0.5) is 5.82 Å². The van der Waals surface area contributed by atoms with Crippen LogP contribution in [0.15, 0.2) is 30.7 Å². The van der Waals surface area contributed by atoms with Gasteiger partial charge in [0.15, 0.2) is 11.5 Å². The van der Waals surface area contributed by atoms with Crippen LogP contribution in [0, 0.1) is 0 Å². The van der Waals surface area contributed by atoms with Crippen LogP contribution < -0.4 is 5.32 Å². The minimum absolute atomic E-state index is 0.665. The van der Waals surface area contributed by atoms with Crippen molar-refractivity contribution in [3.05, 3.63) is 30.7 Å². The van der Waals surface area contributed by atoms with Crippen LogP contribution in [-0.4, -0.2) is 55.8 Å². The normalized spacial score (nSPS) is 18.1. The van der Waals surface area contributed by atoms with E-state index in [1.54, 1.807) is 17.1 Å². The second-order valence-electron chi connectivity index (χ2n) is 6.63. The molecule has 0 aromatic carbocycles. The summed E-state index contributed by atoms with van der Waals surface area (Å²) in [7, 11) is 4.12. The van der Waals surface area contributed by atoms with Crippen molar-refractivity contribution in [2.45, 2.75) is 25.3 Å². The van der Waals surface area contributed by atoms with Gasteiger partial charge in [-0.1, -0.05) is 0 Å². The van der Waals surface area contributed by atoms with Gasteiger partial charge in [0.25, 0.3) is 0 Å². The van der Waals surface area contributed by atoms with Gasteiger partial charge in [-0.05, 0) is 45.0 Å². The Hall–Kier alpha value is -2.54. The molecule has 1 saturated heterocycles. The molecule has 1 aliphatic rings. The van der Waals surface area contributed by atoms with E-state index in [-0.39, 0.29) is 0 Å². The number of rotatable bonds is 5. The van der Waals surface area contributed by atoms with Gasteiger partial charge in [-0.25, -0.2) is 9.97 Å². The number of pyridine rings is 1. The van der Waals surface area contributed by atoms with Crippen LogP contribution in [0.3, 0.4) is 0 Å². The molecule has 7 nitrogen and oxygen atoms in total. The molecule has 130 valence electrons. The Kier molecular flexibility index (Phi) is 4.31. The molecule has 0 aliphatic carbocycles. The van der Waals surface area contributed by atoms with E-state index < -0.39 is 0 Å². The Bertz CT molecular complexity index is 858. The summed E-state index contributed by atoms with van der Waals surface area (Å²) in [6, 6.07) is 4.52. The summed E-state index contributed by atoms with van der Waals surface area (Å²) in [5, 5.41) is 8.81. The van der Waals surface area contributed by atoms with E-state index in [4.69, 9.17) is 4.98 Å². The van der Waals surface area contributed by atoms with Gasteiger partial charge < -0.3 is 10.2 Å². The largest absolute Gasteiger partial charge is 0.369 e. The highest BCUT2D eigenvalue weighted by Gasteiger charge is 2.20. The van der Waals surface area contributed by atoms with E-state index in [1.165, 1.54) is 19.4 Å². The Balaban J connectivity index is 1.60. The van der Waals surface area contributed by atoms with Crippen LogP contribution >= 0.6 is 0 Å². The SMILES string of the molecule is CN1CCC[C@@H]1CCNc1nc(-c2ccncc2)nc2c1cnn2C. The number of anilines is 1. The van der Waals surface area contributed by atoms with Crippen molar-refractivity contribution in [1.82, 2.24) is 29.6 Å². The number of fused-ring (bicyclic) bond motifs is 1. The Morgan fingerprint density at radius 1 is 1.20 bits per heavy atom. The van der Waals surface area contributed by atoms with Gasteiger partial charge in [0, 0.05) is 37.6 Å². The molecule has 1 aliphatic heterocycles. The molecule has 0 amide bonds. The number of hydrogen-bond donors (Lipinski definition) is 1. The van der Waals surface area contributed by atoms with E-state index in [9.17, 15) is 0 Å². The minimum Gasteiger partial charge on any atom is -0.369 e. The molecular formula is C18H23N7. The molecule has 4 heterocycles. The third-order valence-electron chi connectivity index (χ3n) is 4.97. The van der Waals surface area contributed by atoms with Gasteiger partial charge in [-0.15, -0.1) is 0 Å². The van der Waals surface area contributed by atoms with E-state index in [2.05, 4.69) is 32.3 Å². The zero-order valence-electron chi connectivity index (χ0n) is 14.7. The molecule has 7 heteroatoms. The summed E-state index contributed by atoms with van der Waals surface area (Å²) < 4.78 is 1.79. The van der Waals surface area contributed by atoms with Crippen molar-refractivity contribution < 1.29 is 0 Å². The molecular weight excluding hydrogens is 314 g/mol. The lowest BCUT2D eigenvalue weighted by atomic mass is 10.1.